The van der Waals surface area contributed by atoms with E-state index in [2.05, 4.69) is 12.2 Å². The quantitative estimate of drug-likeness (QED) is 0.754. The first-order chi connectivity index (χ1) is 9.15. The normalized spacial score (nSPS) is 13.6. The lowest BCUT2D eigenvalue weighted by atomic mass is 10.1. The van der Waals surface area contributed by atoms with Gasteiger partial charge in [0.25, 0.3) is 0 Å². The Balaban J connectivity index is 2.38. The van der Waals surface area contributed by atoms with Gasteiger partial charge in [0.05, 0.1) is 0 Å². The Morgan fingerprint density at radius 3 is 2.58 bits per heavy atom. The average Bonchev–Trinajstić information content (AvgIpc) is 2.44. The number of rotatable bonds is 8. The van der Waals surface area contributed by atoms with Crippen molar-refractivity contribution in [1.82, 2.24) is 5.32 Å². The third kappa shape index (κ3) is 6.23. The zero-order chi connectivity index (χ0) is 14.1. The molecule has 104 valence electrons. The highest BCUT2D eigenvalue weighted by molar-refractivity contribution is 5.27. The molecular formula is C15H22N2O2. The number of hydrogen-bond acceptors (Lipinski definition) is 4. The lowest BCUT2D eigenvalue weighted by Gasteiger charge is -2.13. The first-order valence-electron chi connectivity index (χ1n) is 6.65. The molecule has 0 heterocycles. The van der Waals surface area contributed by atoms with E-state index in [1.54, 1.807) is 6.92 Å². The molecule has 0 aromatic heterocycles. The summed E-state index contributed by atoms with van der Waals surface area (Å²) in [6.45, 7) is 4.87. The van der Waals surface area contributed by atoms with Crippen molar-refractivity contribution in [2.75, 3.05) is 6.61 Å². The fraction of sp³-hybridized carbons (Fsp3) is 0.533. The largest absolute Gasteiger partial charge is 0.476 e. The molecule has 0 aliphatic rings. The van der Waals surface area contributed by atoms with Gasteiger partial charge >= 0.3 is 0 Å². The maximum atomic E-state index is 8.76. The minimum atomic E-state index is -0.428. The van der Waals surface area contributed by atoms with Crippen molar-refractivity contribution in [3.8, 4) is 11.8 Å². The maximum Gasteiger partial charge on any atom is 0.181 e. The third-order valence-corrected chi connectivity index (χ3v) is 2.87. The molecule has 1 rings (SSSR count). The monoisotopic (exact) mass is 262 g/mol. The summed E-state index contributed by atoms with van der Waals surface area (Å²) in [5.74, 6) is 0.714. The van der Waals surface area contributed by atoms with Gasteiger partial charge < -0.3 is 15.2 Å². The molecule has 1 aromatic rings. The Hall–Kier alpha value is -1.57. The van der Waals surface area contributed by atoms with E-state index < -0.39 is 6.10 Å². The van der Waals surface area contributed by atoms with Gasteiger partial charge in [0, 0.05) is 19.2 Å². The van der Waals surface area contributed by atoms with E-state index in [4.69, 9.17) is 15.1 Å². The Morgan fingerprint density at radius 1 is 1.32 bits per heavy atom. The molecule has 0 aliphatic carbocycles. The fourth-order valence-electron chi connectivity index (χ4n) is 1.71. The number of ether oxygens (including phenoxy) is 1. The molecule has 0 spiro atoms. The summed E-state index contributed by atoms with van der Waals surface area (Å²) in [6.07, 6.45) is 1.37. The van der Waals surface area contributed by atoms with Gasteiger partial charge in [-0.2, -0.15) is 5.26 Å². The molecule has 2 N–H and O–H groups in total. The van der Waals surface area contributed by atoms with Crippen molar-refractivity contribution in [3.63, 3.8) is 0 Å². The number of nitrogens with one attached hydrogen (secondary N) is 1. The third-order valence-electron chi connectivity index (χ3n) is 2.87. The van der Waals surface area contributed by atoms with Crippen molar-refractivity contribution in [2.45, 2.75) is 45.4 Å². The van der Waals surface area contributed by atoms with Gasteiger partial charge in [0.2, 0.25) is 0 Å². The van der Waals surface area contributed by atoms with E-state index in [-0.39, 0.29) is 6.61 Å². The molecule has 4 nitrogen and oxygen atoms in total. The van der Waals surface area contributed by atoms with Gasteiger partial charge in [-0.15, -0.1) is 0 Å². The minimum absolute atomic E-state index is 0.245. The maximum absolute atomic E-state index is 8.76. The molecular weight excluding hydrogens is 240 g/mol. The summed E-state index contributed by atoms with van der Waals surface area (Å²) in [6, 6.07) is 10.2. The Bertz CT molecular complexity index is 398. The Morgan fingerprint density at radius 2 is 2.00 bits per heavy atom. The van der Waals surface area contributed by atoms with Gasteiger partial charge in [0.15, 0.2) is 6.10 Å². The molecule has 2 unspecified atom stereocenters. The van der Waals surface area contributed by atoms with Gasteiger partial charge in [0.1, 0.15) is 11.8 Å². The number of aliphatic hydroxyl groups excluding tert-OH is 1. The van der Waals surface area contributed by atoms with Crippen molar-refractivity contribution < 1.29 is 9.84 Å². The second-order valence-electron chi connectivity index (χ2n) is 4.68. The Labute approximate surface area is 115 Å². The van der Waals surface area contributed by atoms with E-state index in [0.717, 1.165) is 19.4 Å². The SMILES string of the molecule is CC(CCCO)NCc1ccc(OC(C)C#N)cc1. The zero-order valence-corrected chi connectivity index (χ0v) is 11.6. The van der Waals surface area contributed by atoms with E-state index in [1.165, 1.54) is 5.56 Å². The van der Waals surface area contributed by atoms with E-state index in [9.17, 15) is 0 Å². The molecule has 4 heteroatoms. The number of nitriles is 1. The van der Waals surface area contributed by atoms with Crippen LogP contribution in [-0.4, -0.2) is 23.9 Å². The molecule has 0 saturated carbocycles. The van der Waals surface area contributed by atoms with Crippen molar-refractivity contribution in [1.29, 1.82) is 5.26 Å². The van der Waals surface area contributed by atoms with E-state index in [1.807, 2.05) is 30.3 Å². The molecule has 2 atom stereocenters. The van der Waals surface area contributed by atoms with Crippen LogP contribution in [0.1, 0.15) is 32.3 Å². The van der Waals surface area contributed by atoms with Crippen LogP contribution in [0.5, 0.6) is 5.75 Å². The van der Waals surface area contributed by atoms with Gasteiger partial charge in [-0.25, -0.2) is 0 Å². The minimum Gasteiger partial charge on any atom is -0.476 e. The summed E-state index contributed by atoms with van der Waals surface area (Å²) < 4.78 is 5.39. The summed E-state index contributed by atoms with van der Waals surface area (Å²) in [4.78, 5) is 0. The zero-order valence-electron chi connectivity index (χ0n) is 11.6. The second-order valence-corrected chi connectivity index (χ2v) is 4.68. The second kappa shape index (κ2) is 8.52. The van der Waals surface area contributed by atoms with Crippen molar-refractivity contribution >= 4 is 0 Å². The highest BCUT2D eigenvalue weighted by atomic mass is 16.5. The van der Waals surface area contributed by atoms with Gasteiger partial charge in [-0.3, -0.25) is 0 Å². The average molecular weight is 262 g/mol. The predicted molar refractivity (Wildman–Crippen MR) is 74.8 cm³/mol. The van der Waals surface area contributed by atoms with Crippen LogP contribution in [0.25, 0.3) is 0 Å². The summed E-state index contributed by atoms with van der Waals surface area (Å²) in [7, 11) is 0. The first-order valence-corrected chi connectivity index (χ1v) is 6.65. The van der Waals surface area contributed by atoms with Crippen LogP contribution < -0.4 is 10.1 Å². The van der Waals surface area contributed by atoms with Crippen LogP contribution in [-0.2, 0) is 6.54 Å². The van der Waals surface area contributed by atoms with E-state index >= 15 is 0 Å². The molecule has 0 bridgehead atoms. The molecule has 0 amide bonds. The van der Waals surface area contributed by atoms with Gasteiger partial charge in [-0.1, -0.05) is 12.1 Å². The number of benzene rings is 1. The summed E-state index contributed by atoms with van der Waals surface area (Å²) in [5.41, 5.74) is 1.17. The molecule has 19 heavy (non-hydrogen) atoms. The van der Waals surface area contributed by atoms with Crippen LogP contribution in [0.3, 0.4) is 0 Å². The number of aliphatic hydroxyl groups is 1. The summed E-state index contributed by atoms with van der Waals surface area (Å²) >= 11 is 0. The lowest BCUT2D eigenvalue weighted by molar-refractivity contribution is 0.275. The smallest absolute Gasteiger partial charge is 0.181 e. The van der Waals surface area contributed by atoms with Crippen molar-refractivity contribution in [3.05, 3.63) is 29.8 Å². The molecule has 0 saturated heterocycles. The van der Waals surface area contributed by atoms with Crippen molar-refractivity contribution in [2.24, 2.45) is 0 Å². The lowest BCUT2D eigenvalue weighted by Crippen LogP contribution is -2.25. The number of nitrogens with zero attached hydrogens (tertiary/aromatic N) is 1. The van der Waals surface area contributed by atoms with Crippen LogP contribution in [0.15, 0.2) is 24.3 Å². The van der Waals surface area contributed by atoms with Gasteiger partial charge in [-0.05, 0) is 44.4 Å². The highest BCUT2D eigenvalue weighted by Gasteiger charge is 2.03. The van der Waals surface area contributed by atoms with Crippen LogP contribution >= 0.6 is 0 Å². The topological polar surface area (TPSA) is 65.3 Å². The highest BCUT2D eigenvalue weighted by Crippen LogP contribution is 2.14. The van der Waals surface area contributed by atoms with E-state index in [0.29, 0.717) is 11.8 Å². The van der Waals surface area contributed by atoms with Crippen LogP contribution in [0.4, 0.5) is 0 Å². The predicted octanol–water partition coefficient (Wildman–Crippen LogP) is 2.23. The fourth-order valence-corrected chi connectivity index (χ4v) is 1.71. The van der Waals surface area contributed by atoms with Crippen LogP contribution in [0.2, 0.25) is 0 Å². The summed E-state index contributed by atoms with van der Waals surface area (Å²) in [5, 5.41) is 20.8. The molecule has 0 radical (unpaired) electrons. The molecule has 0 fully saturated rings. The standard InChI is InChI=1S/C15H22N2O2/c1-12(4-3-9-18)17-11-14-5-7-15(8-6-14)19-13(2)10-16/h5-8,12-13,17-18H,3-4,9,11H2,1-2H3. The van der Waals surface area contributed by atoms with Crippen LogP contribution in [0, 0.1) is 11.3 Å². The Kier molecular flexibility index (Phi) is 6.94. The molecule has 1 aromatic carbocycles. The number of hydrogen-bond donors (Lipinski definition) is 2. The first kappa shape index (κ1) is 15.5. The molecule has 0 aliphatic heterocycles.